The highest BCUT2D eigenvalue weighted by atomic mass is 32.1. The largest absolute Gasteiger partial charge is 0.490 e. The number of hydrogen-bond acceptors (Lipinski definition) is 7. The summed E-state index contributed by atoms with van der Waals surface area (Å²) in [6.45, 7) is 7.49. The van der Waals surface area contributed by atoms with Crippen LogP contribution in [0.4, 0.5) is 4.39 Å². The normalized spacial score (nSPS) is 16.9. The summed E-state index contributed by atoms with van der Waals surface area (Å²) >= 11 is 1.47. The van der Waals surface area contributed by atoms with Crippen LogP contribution in [0.25, 0.3) is 10.3 Å². The van der Waals surface area contributed by atoms with Gasteiger partial charge in [-0.05, 0) is 39.7 Å². The zero-order valence-electron chi connectivity index (χ0n) is 17.1. The number of fused-ring (bicyclic) bond motifs is 1. The van der Waals surface area contributed by atoms with Gasteiger partial charge in [-0.3, -0.25) is 4.90 Å². The van der Waals surface area contributed by atoms with Gasteiger partial charge in [0.15, 0.2) is 5.65 Å². The molecule has 0 saturated carbocycles. The van der Waals surface area contributed by atoms with E-state index in [0.29, 0.717) is 17.2 Å². The average Bonchev–Trinajstić information content (AvgIpc) is 3.05. The van der Waals surface area contributed by atoms with Crippen molar-refractivity contribution in [3.63, 3.8) is 0 Å². The molecule has 0 radical (unpaired) electrons. The van der Waals surface area contributed by atoms with Gasteiger partial charge in [0.05, 0.1) is 28.6 Å². The summed E-state index contributed by atoms with van der Waals surface area (Å²) in [5.74, 6) is 1.07. The van der Waals surface area contributed by atoms with Gasteiger partial charge in [0.25, 0.3) is 0 Å². The molecule has 0 amide bonds. The van der Waals surface area contributed by atoms with Gasteiger partial charge in [0.1, 0.15) is 17.7 Å². The zero-order chi connectivity index (χ0) is 20.5. The predicted octanol–water partition coefficient (Wildman–Crippen LogP) is 4.46. The van der Waals surface area contributed by atoms with Gasteiger partial charge >= 0.3 is 0 Å². The maximum absolute atomic E-state index is 14.7. The Morgan fingerprint density at radius 1 is 1.14 bits per heavy atom. The van der Waals surface area contributed by atoms with Crippen molar-refractivity contribution in [2.45, 2.75) is 45.8 Å². The van der Waals surface area contributed by atoms with Crippen LogP contribution in [0.3, 0.4) is 0 Å². The van der Waals surface area contributed by atoms with E-state index in [4.69, 9.17) is 9.47 Å². The Bertz CT molecular complexity index is 1020. The Morgan fingerprint density at radius 2 is 1.90 bits per heavy atom. The third kappa shape index (κ3) is 4.33. The highest BCUT2D eigenvalue weighted by molar-refractivity contribution is 7.18. The second kappa shape index (κ2) is 8.20. The summed E-state index contributed by atoms with van der Waals surface area (Å²) in [7, 11) is 1.60. The van der Waals surface area contributed by atoms with Crippen LogP contribution in [-0.2, 0) is 0 Å². The maximum atomic E-state index is 14.7. The molecule has 0 bridgehead atoms. The van der Waals surface area contributed by atoms with Crippen LogP contribution in [0.15, 0.2) is 18.2 Å². The Hall–Kier alpha value is -2.32. The molecule has 3 aromatic heterocycles. The first kappa shape index (κ1) is 20.0. The number of aryl methyl sites for hydroxylation is 2. The van der Waals surface area contributed by atoms with Gasteiger partial charge in [0.2, 0.25) is 5.88 Å². The van der Waals surface area contributed by atoms with E-state index in [0.717, 1.165) is 47.1 Å². The quantitative estimate of drug-likeness (QED) is 0.612. The smallest absolute Gasteiger partial charge is 0.216 e. The number of likely N-dealkylation sites (tertiary alicyclic amines) is 1. The molecule has 1 aliphatic heterocycles. The third-order valence-corrected chi connectivity index (χ3v) is 6.21. The number of hydrogen-bond donors (Lipinski definition) is 0. The lowest BCUT2D eigenvalue weighted by Crippen LogP contribution is -2.40. The number of rotatable bonds is 5. The first-order valence-electron chi connectivity index (χ1n) is 9.80. The minimum atomic E-state index is -0.258. The Morgan fingerprint density at radius 3 is 2.62 bits per heavy atom. The van der Waals surface area contributed by atoms with Crippen molar-refractivity contribution in [2.24, 2.45) is 0 Å². The van der Waals surface area contributed by atoms with Crippen LogP contribution in [0.5, 0.6) is 11.6 Å². The van der Waals surface area contributed by atoms with Gasteiger partial charge in [-0.25, -0.2) is 19.3 Å². The average molecular weight is 417 g/mol. The molecule has 3 aromatic rings. The summed E-state index contributed by atoms with van der Waals surface area (Å²) in [6, 6.07) is 5.19. The molecule has 1 saturated heterocycles. The van der Waals surface area contributed by atoms with E-state index in [2.05, 4.69) is 19.9 Å². The van der Waals surface area contributed by atoms with E-state index < -0.39 is 0 Å². The molecule has 154 valence electrons. The van der Waals surface area contributed by atoms with Crippen LogP contribution in [-0.4, -0.2) is 46.2 Å². The standard InChI is InChI=1S/C21H25FN4O2S/c1-12-9-16(10-19(23-12)27-4)28-15-5-7-26(8-6-15)13(2)20-17(22)11-18-21(25-20)24-14(3)29-18/h9-11,13,15H,5-8H2,1-4H3/t13-/m0/s1. The lowest BCUT2D eigenvalue weighted by atomic mass is 10.0. The van der Waals surface area contributed by atoms with Gasteiger partial charge in [0, 0.05) is 30.9 Å². The van der Waals surface area contributed by atoms with E-state index in [1.807, 2.05) is 32.9 Å². The molecule has 8 heteroatoms. The number of piperidine rings is 1. The molecule has 0 unspecified atom stereocenters. The zero-order valence-corrected chi connectivity index (χ0v) is 17.9. The van der Waals surface area contributed by atoms with Crippen molar-refractivity contribution in [3.05, 3.63) is 40.4 Å². The molecular formula is C21H25FN4O2S. The highest BCUT2D eigenvalue weighted by Crippen LogP contribution is 2.30. The molecule has 0 aromatic carbocycles. The lowest BCUT2D eigenvalue weighted by Gasteiger charge is -2.35. The van der Waals surface area contributed by atoms with Crippen molar-refractivity contribution in [3.8, 4) is 11.6 Å². The molecule has 1 fully saturated rings. The van der Waals surface area contributed by atoms with Gasteiger partial charge in [-0.15, -0.1) is 11.3 Å². The maximum Gasteiger partial charge on any atom is 0.216 e. The molecule has 29 heavy (non-hydrogen) atoms. The van der Waals surface area contributed by atoms with Crippen molar-refractivity contribution in [1.29, 1.82) is 0 Å². The number of pyridine rings is 2. The first-order chi connectivity index (χ1) is 13.9. The highest BCUT2D eigenvalue weighted by Gasteiger charge is 2.27. The molecule has 1 aliphatic rings. The summed E-state index contributed by atoms with van der Waals surface area (Å²) in [6.07, 6.45) is 1.85. The van der Waals surface area contributed by atoms with E-state index in [-0.39, 0.29) is 18.0 Å². The molecule has 0 N–H and O–H groups in total. The first-order valence-corrected chi connectivity index (χ1v) is 10.6. The summed E-state index contributed by atoms with van der Waals surface area (Å²) in [4.78, 5) is 15.5. The summed E-state index contributed by atoms with van der Waals surface area (Å²) < 4.78 is 26.8. The van der Waals surface area contributed by atoms with E-state index in [9.17, 15) is 4.39 Å². The number of methoxy groups -OCH3 is 1. The van der Waals surface area contributed by atoms with E-state index in [1.54, 1.807) is 13.2 Å². The summed E-state index contributed by atoms with van der Waals surface area (Å²) in [5, 5.41) is 0.901. The van der Waals surface area contributed by atoms with Crippen molar-refractivity contribution >= 4 is 21.7 Å². The molecule has 4 heterocycles. The number of aromatic nitrogens is 3. The number of ether oxygens (including phenoxy) is 2. The SMILES string of the molecule is COc1cc(OC2CCN([C@@H](C)c3nc4nc(C)sc4cc3F)CC2)cc(C)n1. The van der Waals surface area contributed by atoms with Gasteiger partial charge < -0.3 is 9.47 Å². The third-order valence-electron chi connectivity index (χ3n) is 5.31. The monoisotopic (exact) mass is 416 g/mol. The lowest BCUT2D eigenvalue weighted by molar-refractivity contribution is 0.0774. The van der Waals surface area contributed by atoms with Crippen LogP contribution < -0.4 is 9.47 Å². The fourth-order valence-corrected chi connectivity index (χ4v) is 4.58. The van der Waals surface area contributed by atoms with E-state index in [1.165, 1.54) is 11.3 Å². The fourth-order valence-electron chi connectivity index (χ4n) is 3.78. The number of thiazole rings is 1. The van der Waals surface area contributed by atoms with Crippen molar-refractivity contribution in [2.75, 3.05) is 20.2 Å². The van der Waals surface area contributed by atoms with Gasteiger partial charge in [-0.1, -0.05) is 0 Å². The second-order valence-corrected chi connectivity index (χ2v) is 8.66. The molecule has 6 nitrogen and oxygen atoms in total. The Balaban J connectivity index is 1.41. The van der Waals surface area contributed by atoms with Crippen LogP contribution in [0, 0.1) is 19.7 Å². The fraction of sp³-hybridized carbons (Fsp3) is 0.476. The molecule has 0 aliphatic carbocycles. The minimum Gasteiger partial charge on any atom is -0.490 e. The molecular weight excluding hydrogens is 391 g/mol. The van der Waals surface area contributed by atoms with Crippen molar-refractivity contribution in [1.82, 2.24) is 19.9 Å². The van der Waals surface area contributed by atoms with Crippen molar-refractivity contribution < 1.29 is 13.9 Å². The Labute approximate surface area is 173 Å². The second-order valence-electron chi connectivity index (χ2n) is 7.43. The molecule has 0 spiro atoms. The Kier molecular flexibility index (Phi) is 5.65. The van der Waals surface area contributed by atoms with E-state index >= 15 is 0 Å². The van der Waals surface area contributed by atoms with Crippen LogP contribution in [0.2, 0.25) is 0 Å². The number of nitrogens with zero attached hydrogens (tertiary/aromatic N) is 4. The topological polar surface area (TPSA) is 60.4 Å². The number of halogens is 1. The van der Waals surface area contributed by atoms with Gasteiger partial charge in [-0.2, -0.15) is 0 Å². The molecule has 1 atom stereocenters. The minimum absolute atomic E-state index is 0.106. The van der Waals surface area contributed by atoms with Crippen LogP contribution in [0.1, 0.15) is 42.2 Å². The van der Waals surface area contributed by atoms with Crippen LogP contribution >= 0.6 is 11.3 Å². The molecule has 4 rings (SSSR count). The predicted molar refractivity (Wildman–Crippen MR) is 111 cm³/mol. The summed E-state index contributed by atoms with van der Waals surface area (Å²) in [5.41, 5.74) is 1.97.